The van der Waals surface area contributed by atoms with Gasteiger partial charge in [0.1, 0.15) is 16.8 Å². The van der Waals surface area contributed by atoms with E-state index in [4.69, 9.17) is 5.73 Å². The van der Waals surface area contributed by atoms with Crippen LogP contribution in [-0.2, 0) is 0 Å². The molecule has 1 saturated heterocycles. The van der Waals surface area contributed by atoms with Gasteiger partial charge in [-0.25, -0.2) is 4.99 Å². The summed E-state index contributed by atoms with van der Waals surface area (Å²) in [7, 11) is 2.12. The van der Waals surface area contributed by atoms with E-state index in [1.165, 1.54) is 4.90 Å². The molecule has 18 heavy (non-hydrogen) atoms. The Balaban J connectivity index is 2.52. The number of nitriles is 2. The summed E-state index contributed by atoms with van der Waals surface area (Å²) in [6, 6.07) is 4.42. The average Bonchev–Trinajstić information content (AvgIpc) is 2.33. The molecule has 2 aliphatic rings. The Morgan fingerprint density at radius 2 is 2.06 bits per heavy atom. The van der Waals surface area contributed by atoms with Crippen LogP contribution in [0.25, 0.3) is 0 Å². The van der Waals surface area contributed by atoms with Crippen LogP contribution in [-0.4, -0.2) is 26.0 Å². The molecule has 2 aliphatic heterocycles. The van der Waals surface area contributed by atoms with Crippen molar-refractivity contribution >= 4 is 18.5 Å². The zero-order chi connectivity index (χ0) is 13.3. The molecule has 0 aliphatic carbocycles. The van der Waals surface area contributed by atoms with Crippen LogP contribution in [0, 0.1) is 34.0 Å². The van der Waals surface area contributed by atoms with Gasteiger partial charge in [0, 0.05) is 18.3 Å². The quantitative estimate of drug-likeness (QED) is 0.512. The van der Waals surface area contributed by atoms with E-state index in [-0.39, 0.29) is 0 Å². The average molecular weight is 262 g/mol. The summed E-state index contributed by atoms with van der Waals surface area (Å²) >= 11 is 4.26. The molecule has 94 valence electrons. The largest absolute Gasteiger partial charge is 0.386 e. The number of amidine groups is 1. The van der Waals surface area contributed by atoms with Crippen molar-refractivity contribution in [2.24, 2.45) is 22.1 Å². The first-order valence-electron chi connectivity index (χ1n) is 5.94. The fourth-order valence-corrected chi connectivity index (χ4v) is 3.29. The number of piperidine rings is 1. The fourth-order valence-electron chi connectivity index (χ4n) is 2.91. The summed E-state index contributed by atoms with van der Waals surface area (Å²) in [6.45, 7) is 1.86. The minimum absolute atomic E-state index is 0.293. The first kappa shape index (κ1) is 12.9. The van der Waals surface area contributed by atoms with Gasteiger partial charge in [0.05, 0.1) is 37.8 Å². The molecule has 1 unspecified atom stereocenters. The van der Waals surface area contributed by atoms with Crippen LogP contribution < -0.4 is 10.6 Å². The maximum atomic E-state index is 9.37. The molecule has 0 aromatic carbocycles. The number of hydrogen-bond acceptors (Lipinski definition) is 5. The molecule has 0 aromatic rings. The van der Waals surface area contributed by atoms with Crippen LogP contribution in [0.3, 0.4) is 0 Å². The standard InChI is InChI=1S/C12H15N5S/c1-17-4-2-12(3-5-17)8(6-13)10(15)16-11(18)9(12)7-14/h8,18H,2-5H2,1H3,(H2,15,16)/p+1. The first-order chi connectivity index (χ1) is 8.55. The van der Waals surface area contributed by atoms with E-state index >= 15 is 0 Å². The van der Waals surface area contributed by atoms with Crippen LogP contribution in [0.4, 0.5) is 0 Å². The molecule has 0 bridgehead atoms. The lowest BCUT2D eigenvalue weighted by Crippen LogP contribution is -3.10. The van der Waals surface area contributed by atoms with E-state index in [0.29, 0.717) is 16.4 Å². The topological polar surface area (TPSA) is 90.4 Å². The van der Waals surface area contributed by atoms with Crippen LogP contribution in [0.1, 0.15) is 12.8 Å². The highest BCUT2D eigenvalue weighted by molar-refractivity contribution is 7.84. The van der Waals surface area contributed by atoms with Gasteiger partial charge < -0.3 is 10.6 Å². The van der Waals surface area contributed by atoms with Crippen molar-refractivity contribution in [1.29, 1.82) is 10.5 Å². The van der Waals surface area contributed by atoms with Gasteiger partial charge in [0.25, 0.3) is 0 Å². The van der Waals surface area contributed by atoms with Crippen molar-refractivity contribution in [2.45, 2.75) is 12.8 Å². The molecular weight excluding hydrogens is 246 g/mol. The molecule has 5 nitrogen and oxygen atoms in total. The second-order valence-electron chi connectivity index (χ2n) is 5.02. The summed E-state index contributed by atoms with van der Waals surface area (Å²) in [4.78, 5) is 5.46. The normalized spacial score (nSPS) is 35.9. The molecule has 2 heterocycles. The van der Waals surface area contributed by atoms with E-state index in [2.05, 4.69) is 36.8 Å². The number of hydrogen-bond donors (Lipinski definition) is 3. The van der Waals surface area contributed by atoms with Gasteiger partial charge in [0.15, 0.2) is 0 Å². The molecule has 2 rings (SSSR count). The number of nitrogens with zero attached hydrogens (tertiary/aromatic N) is 3. The van der Waals surface area contributed by atoms with E-state index < -0.39 is 11.3 Å². The van der Waals surface area contributed by atoms with Crippen molar-refractivity contribution in [3.8, 4) is 12.1 Å². The number of thiol groups is 1. The molecule has 0 amide bonds. The van der Waals surface area contributed by atoms with E-state index in [9.17, 15) is 10.5 Å². The minimum Gasteiger partial charge on any atom is -0.386 e. The Bertz CT molecular complexity index is 500. The molecule has 0 radical (unpaired) electrons. The van der Waals surface area contributed by atoms with Gasteiger partial charge in [-0.05, 0) is 0 Å². The second-order valence-corrected chi connectivity index (χ2v) is 5.45. The highest BCUT2D eigenvalue weighted by Gasteiger charge is 2.50. The molecule has 0 aromatic heterocycles. The van der Waals surface area contributed by atoms with E-state index in [0.717, 1.165) is 25.9 Å². The van der Waals surface area contributed by atoms with Gasteiger partial charge in [-0.2, -0.15) is 10.5 Å². The van der Waals surface area contributed by atoms with Gasteiger partial charge in [-0.15, -0.1) is 12.6 Å². The minimum atomic E-state index is -0.504. The first-order valence-corrected chi connectivity index (χ1v) is 6.38. The predicted molar refractivity (Wildman–Crippen MR) is 70.6 cm³/mol. The summed E-state index contributed by atoms with van der Waals surface area (Å²) in [5, 5.41) is 19.1. The summed E-state index contributed by atoms with van der Waals surface area (Å²) in [5.41, 5.74) is 5.91. The maximum absolute atomic E-state index is 9.37. The lowest BCUT2D eigenvalue weighted by Gasteiger charge is -2.42. The van der Waals surface area contributed by atoms with E-state index in [1.807, 2.05) is 0 Å². The molecule has 3 N–H and O–H groups in total. The van der Waals surface area contributed by atoms with Gasteiger partial charge in [-0.3, -0.25) is 0 Å². The number of nitrogens with two attached hydrogens (primary N) is 1. The fraction of sp³-hybridized carbons (Fsp3) is 0.583. The zero-order valence-electron chi connectivity index (χ0n) is 10.3. The predicted octanol–water partition coefficient (Wildman–Crippen LogP) is -0.543. The van der Waals surface area contributed by atoms with Gasteiger partial charge in [0.2, 0.25) is 0 Å². The van der Waals surface area contributed by atoms with Crippen molar-refractivity contribution in [3.05, 3.63) is 10.6 Å². The van der Waals surface area contributed by atoms with Crippen LogP contribution in [0.15, 0.2) is 15.6 Å². The number of aliphatic imine (C=N–C) groups is 1. The molecular formula is C12H16N5S+. The number of allylic oxidation sites excluding steroid dienone is 1. The Morgan fingerprint density at radius 1 is 1.44 bits per heavy atom. The Morgan fingerprint density at radius 3 is 2.56 bits per heavy atom. The number of rotatable bonds is 0. The summed E-state index contributed by atoms with van der Waals surface area (Å²) < 4.78 is 0. The lowest BCUT2D eigenvalue weighted by molar-refractivity contribution is -0.887. The Hall–Kier alpha value is -1.50. The second kappa shape index (κ2) is 4.64. The van der Waals surface area contributed by atoms with Crippen LogP contribution >= 0.6 is 12.6 Å². The van der Waals surface area contributed by atoms with E-state index in [1.54, 1.807) is 0 Å². The summed E-state index contributed by atoms with van der Waals surface area (Å²) in [5.74, 6) is -0.211. The Kier molecular flexibility index (Phi) is 3.34. The molecule has 6 heteroatoms. The number of quaternary nitrogens is 1. The van der Waals surface area contributed by atoms with Crippen molar-refractivity contribution < 1.29 is 4.90 Å². The SMILES string of the molecule is C[NH+]1CCC2(CC1)C(C#N)=C(S)N=C(N)C2C#N. The van der Waals surface area contributed by atoms with Gasteiger partial charge in [-0.1, -0.05) is 0 Å². The number of nitrogens with one attached hydrogen (secondary N) is 1. The zero-order valence-corrected chi connectivity index (χ0v) is 11.2. The molecule has 0 saturated carbocycles. The highest BCUT2D eigenvalue weighted by Crippen LogP contribution is 2.47. The van der Waals surface area contributed by atoms with Crippen LogP contribution in [0.2, 0.25) is 0 Å². The monoisotopic (exact) mass is 262 g/mol. The van der Waals surface area contributed by atoms with Gasteiger partial charge >= 0.3 is 0 Å². The summed E-state index contributed by atoms with van der Waals surface area (Å²) in [6.07, 6.45) is 1.56. The van der Waals surface area contributed by atoms with Crippen molar-refractivity contribution in [1.82, 2.24) is 0 Å². The van der Waals surface area contributed by atoms with Crippen molar-refractivity contribution in [3.63, 3.8) is 0 Å². The molecule has 1 fully saturated rings. The van der Waals surface area contributed by atoms with Crippen molar-refractivity contribution in [2.75, 3.05) is 20.1 Å². The maximum Gasteiger partial charge on any atom is 0.119 e. The third-order valence-electron chi connectivity index (χ3n) is 4.04. The molecule has 1 atom stereocenters. The molecule has 1 spiro atoms. The lowest BCUT2D eigenvalue weighted by atomic mass is 9.63. The number of likely N-dealkylation sites (tertiary alicyclic amines) is 1. The third kappa shape index (κ3) is 1.78. The van der Waals surface area contributed by atoms with Crippen LogP contribution in [0.5, 0.6) is 0 Å². The Labute approximate surface area is 112 Å². The smallest absolute Gasteiger partial charge is 0.119 e. The highest BCUT2D eigenvalue weighted by atomic mass is 32.1. The third-order valence-corrected chi connectivity index (χ3v) is 4.37.